The molecule has 2 saturated heterocycles. The Morgan fingerprint density at radius 2 is 2.00 bits per heavy atom. The van der Waals surface area contributed by atoms with Crippen LogP contribution in [0.4, 0.5) is 10.6 Å². The van der Waals surface area contributed by atoms with E-state index in [4.69, 9.17) is 4.74 Å². The molecule has 2 aliphatic heterocycles. The number of carbonyl (C=O) groups excluding carboxylic acids is 1. The number of sulfonamides is 1. The molecule has 1 aromatic heterocycles. The van der Waals surface area contributed by atoms with E-state index < -0.39 is 10.0 Å². The van der Waals surface area contributed by atoms with Crippen molar-refractivity contribution in [1.29, 1.82) is 0 Å². The molecule has 0 spiro atoms. The Balaban J connectivity index is 1.65. The van der Waals surface area contributed by atoms with E-state index in [1.54, 1.807) is 0 Å². The van der Waals surface area contributed by atoms with Gasteiger partial charge in [-0.05, 0) is 32.1 Å². The monoisotopic (exact) mass is 354 g/mol. The van der Waals surface area contributed by atoms with Crippen LogP contribution >= 0.6 is 0 Å². The summed E-state index contributed by atoms with van der Waals surface area (Å²) >= 11 is 0. The SMILES string of the molecule is C[C@@H]1COC(=O)N1c1cc(CC2CCN(S(C)(=O)=O)CC2)ncn1. The lowest BCUT2D eigenvalue weighted by Gasteiger charge is -2.30. The second-order valence-electron chi connectivity index (χ2n) is 6.47. The fourth-order valence-electron chi connectivity index (χ4n) is 3.21. The van der Waals surface area contributed by atoms with E-state index in [0.29, 0.717) is 31.4 Å². The van der Waals surface area contributed by atoms with Crippen LogP contribution in [0.1, 0.15) is 25.5 Å². The molecule has 132 valence electrons. The molecule has 2 aliphatic rings. The second kappa shape index (κ2) is 6.64. The molecule has 1 atom stereocenters. The van der Waals surface area contributed by atoms with Crippen LogP contribution in [0.5, 0.6) is 0 Å². The Morgan fingerprint density at radius 3 is 2.58 bits per heavy atom. The van der Waals surface area contributed by atoms with E-state index in [1.165, 1.54) is 21.8 Å². The molecule has 3 heterocycles. The highest BCUT2D eigenvalue weighted by Crippen LogP contribution is 2.25. The maximum atomic E-state index is 11.8. The van der Waals surface area contributed by atoms with E-state index in [9.17, 15) is 13.2 Å². The first kappa shape index (κ1) is 17.1. The van der Waals surface area contributed by atoms with Crippen LogP contribution in [0.25, 0.3) is 0 Å². The van der Waals surface area contributed by atoms with Gasteiger partial charge in [0.05, 0.1) is 12.3 Å². The van der Waals surface area contributed by atoms with Crippen LogP contribution < -0.4 is 4.90 Å². The number of carbonyl (C=O) groups is 1. The van der Waals surface area contributed by atoms with Gasteiger partial charge < -0.3 is 4.74 Å². The number of hydrogen-bond donors (Lipinski definition) is 0. The normalized spacial score (nSPS) is 23.5. The second-order valence-corrected chi connectivity index (χ2v) is 8.46. The van der Waals surface area contributed by atoms with Crippen molar-refractivity contribution in [2.45, 2.75) is 32.2 Å². The Kier molecular flexibility index (Phi) is 4.73. The molecule has 9 heteroatoms. The van der Waals surface area contributed by atoms with Gasteiger partial charge in [-0.3, -0.25) is 4.90 Å². The molecule has 0 aromatic carbocycles. The van der Waals surface area contributed by atoms with E-state index >= 15 is 0 Å². The van der Waals surface area contributed by atoms with Gasteiger partial charge in [0.2, 0.25) is 10.0 Å². The summed E-state index contributed by atoms with van der Waals surface area (Å²) in [4.78, 5) is 21.8. The number of nitrogens with zero attached hydrogens (tertiary/aromatic N) is 4. The minimum atomic E-state index is -3.10. The van der Waals surface area contributed by atoms with Crippen LogP contribution in [-0.2, 0) is 21.2 Å². The lowest BCUT2D eigenvalue weighted by Crippen LogP contribution is -2.38. The molecule has 0 aliphatic carbocycles. The first-order valence-electron chi connectivity index (χ1n) is 8.06. The van der Waals surface area contributed by atoms with Crippen molar-refractivity contribution >= 4 is 21.9 Å². The zero-order valence-corrected chi connectivity index (χ0v) is 14.7. The molecular weight excluding hydrogens is 332 g/mol. The molecule has 0 bridgehead atoms. The molecule has 24 heavy (non-hydrogen) atoms. The highest BCUT2D eigenvalue weighted by atomic mass is 32.2. The predicted molar refractivity (Wildman–Crippen MR) is 88.2 cm³/mol. The molecule has 3 rings (SSSR count). The summed E-state index contributed by atoms with van der Waals surface area (Å²) in [5.41, 5.74) is 0.865. The molecular formula is C15H22N4O4S. The minimum absolute atomic E-state index is 0.0433. The van der Waals surface area contributed by atoms with E-state index in [0.717, 1.165) is 25.0 Å². The third-order valence-electron chi connectivity index (χ3n) is 4.58. The summed E-state index contributed by atoms with van der Waals surface area (Å²) in [6.45, 7) is 3.38. The number of cyclic esters (lactones) is 1. The quantitative estimate of drug-likeness (QED) is 0.802. The van der Waals surface area contributed by atoms with Crippen molar-refractivity contribution in [2.75, 3.05) is 30.9 Å². The number of hydrogen-bond acceptors (Lipinski definition) is 6. The first-order chi connectivity index (χ1) is 11.3. The number of anilines is 1. The molecule has 0 unspecified atom stereocenters. The number of amides is 1. The molecule has 0 radical (unpaired) electrons. The maximum Gasteiger partial charge on any atom is 0.415 e. The average Bonchev–Trinajstić information content (AvgIpc) is 2.86. The van der Waals surface area contributed by atoms with Gasteiger partial charge in [-0.2, -0.15) is 0 Å². The summed E-state index contributed by atoms with van der Waals surface area (Å²) in [5.74, 6) is 0.942. The Labute approximate surface area is 141 Å². The summed E-state index contributed by atoms with van der Waals surface area (Å²) in [5, 5.41) is 0. The zero-order valence-electron chi connectivity index (χ0n) is 13.9. The van der Waals surface area contributed by atoms with E-state index in [1.807, 2.05) is 13.0 Å². The van der Waals surface area contributed by atoms with E-state index in [2.05, 4.69) is 9.97 Å². The Morgan fingerprint density at radius 1 is 1.29 bits per heavy atom. The number of aromatic nitrogens is 2. The number of ether oxygens (including phenoxy) is 1. The number of piperidine rings is 1. The van der Waals surface area contributed by atoms with Crippen LogP contribution in [0.15, 0.2) is 12.4 Å². The average molecular weight is 354 g/mol. The summed E-state index contributed by atoms with van der Waals surface area (Å²) in [7, 11) is -3.10. The van der Waals surface area contributed by atoms with Gasteiger partial charge in [0.1, 0.15) is 18.8 Å². The van der Waals surface area contributed by atoms with Crippen molar-refractivity contribution in [3.05, 3.63) is 18.1 Å². The van der Waals surface area contributed by atoms with Gasteiger partial charge in [0.15, 0.2) is 0 Å². The fraction of sp³-hybridized carbons (Fsp3) is 0.667. The Hall–Kier alpha value is -1.74. The summed E-state index contributed by atoms with van der Waals surface area (Å²) in [6.07, 6.45) is 4.72. The lowest BCUT2D eigenvalue weighted by atomic mass is 9.93. The molecule has 2 fully saturated rings. The lowest BCUT2D eigenvalue weighted by molar-refractivity contribution is 0.179. The third-order valence-corrected chi connectivity index (χ3v) is 5.89. The van der Waals surface area contributed by atoms with E-state index in [-0.39, 0.29) is 12.1 Å². The maximum absolute atomic E-state index is 11.8. The smallest absolute Gasteiger partial charge is 0.415 e. The third kappa shape index (κ3) is 3.67. The fourth-order valence-corrected chi connectivity index (χ4v) is 4.08. The molecule has 1 aromatic rings. The van der Waals surface area contributed by atoms with Crippen molar-refractivity contribution in [3.8, 4) is 0 Å². The van der Waals surface area contributed by atoms with Crippen molar-refractivity contribution in [1.82, 2.24) is 14.3 Å². The zero-order chi connectivity index (χ0) is 17.3. The number of rotatable bonds is 4. The van der Waals surface area contributed by atoms with Gasteiger partial charge >= 0.3 is 6.09 Å². The summed E-state index contributed by atoms with van der Waals surface area (Å²) in [6, 6.07) is 1.78. The van der Waals surface area contributed by atoms with Gasteiger partial charge in [0, 0.05) is 24.8 Å². The predicted octanol–water partition coefficient (Wildman–Crippen LogP) is 1.04. The highest BCUT2D eigenvalue weighted by Gasteiger charge is 2.32. The highest BCUT2D eigenvalue weighted by molar-refractivity contribution is 7.88. The van der Waals surface area contributed by atoms with Gasteiger partial charge in [-0.15, -0.1) is 0 Å². The minimum Gasteiger partial charge on any atom is -0.447 e. The molecule has 0 saturated carbocycles. The van der Waals surface area contributed by atoms with Crippen molar-refractivity contribution in [2.24, 2.45) is 5.92 Å². The van der Waals surface area contributed by atoms with Gasteiger partial charge in [-0.25, -0.2) is 27.5 Å². The van der Waals surface area contributed by atoms with Gasteiger partial charge in [-0.1, -0.05) is 0 Å². The summed E-state index contributed by atoms with van der Waals surface area (Å²) < 4.78 is 29.7. The largest absolute Gasteiger partial charge is 0.447 e. The molecule has 8 nitrogen and oxygen atoms in total. The first-order valence-corrected chi connectivity index (χ1v) is 9.91. The van der Waals surface area contributed by atoms with Crippen molar-refractivity contribution in [3.63, 3.8) is 0 Å². The Bertz CT molecular complexity index is 716. The van der Waals surface area contributed by atoms with Crippen LogP contribution in [-0.4, -0.2) is 60.8 Å². The molecule has 0 N–H and O–H groups in total. The topological polar surface area (TPSA) is 92.7 Å². The standard InChI is InChI=1S/C15H22N4O4S/c1-11-9-23-15(20)19(11)14-8-13(16-10-17-14)7-12-3-5-18(6-4-12)24(2,21)22/h8,10-12H,3-7,9H2,1-2H3/t11-/m1/s1. The molecule has 1 amide bonds. The van der Waals surface area contributed by atoms with Crippen LogP contribution in [0.3, 0.4) is 0 Å². The van der Waals surface area contributed by atoms with Crippen molar-refractivity contribution < 1.29 is 17.9 Å². The van der Waals surface area contributed by atoms with Crippen LogP contribution in [0, 0.1) is 5.92 Å². The van der Waals surface area contributed by atoms with Crippen LogP contribution in [0.2, 0.25) is 0 Å². The van der Waals surface area contributed by atoms with Gasteiger partial charge in [0.25, 0.3) is 0 Å².